The molecule has 22 heavy (non-hydrogen) atoms. The van der Waals surface area contributed by atoms with Crippen LogP contribution in [0.2, 0.25) is 0 Å². The van der Waals surface area contributed by atoms with Crippen molar-refractivity contribution < 1.29 is 19.8 Å². The summed E-state index contributed by atoms with van der Waals surface area (Å²) in [5.41, 5.74) is -1.05. The van der Waals surface area contributed by atoms with E-state index in [1.807, 2.05) is 0 Å². The Kier molecular flexibility index (Phi) is 3.50. The van der Waals surface area contributed by atoms with Gasteiger partial charge in [0, 0.05) is 15.7 Å². The summed E-state index contributed by atoms with van der Waals surface area (Å²) in [7, 11) is 0. The summed E-state index contributed by atoms with van der Waals surface area (Å²) in [5, 5.41) is 23.0. The summed E-state index contributed by atoms with van der Waals surface area (Å²) in [5.74, 6) is -1.34. The number of para-hydroxylation sites is 1. The van der Waals surface area contributed by atoms with Crippen molar-refractivity contribution in [3.05, 3.63) is 58.1 Å². The Labute approximate surface area is 134 Å². The van der Waals surface area contributed by atoms with Crippen molar-refractivity contribution in [2.24, 2.45) is 0 Å². The number of phenols is 1. The van der Waals surface area contributed by atoms with Crippen LogP contribution >= 0.6 is 15.9 Å². The Morgan fingerprint density at radius 3 is 2.68 bits per heavy atom. The van der Waals surface area contributed by atoms with Gasteiger partial charge in [0.15, 0.2) is 11.4 Å². The van der Waals surface area contributed by atoms with Crippen molar-refractivity contribution in [2.45, 2.75) is 12.0 Å². The Bertz CT molecular complexity index is 789. The van der Waals surface area contributed by atoms with E-state index in [1.165, 1.54) is 12.1 Å². The highest BCUT2D eigenvalue weighted by molar-refractivity contribution is 9.10. The van der Waals surface area contributed by atoms with E-state index in [0.29, 0.717) is 15.7 Å². The van der Waals surface area contributed by atoms with Crippen molar-refractivity contribution >= 4 is 33.3 Å². The molecule has 0 saturated heterocycles. The second kappa shape index (κ2) is 5.23. The molecule has 6 heteroatoms. The highest BCUT2D eigenvalue weighted by Crippen LogP contribution is 2.40. The van der Waals surface area contributed by atoms with E-state index >= 15 is 0 Å². The number of hydrogen-bond donors (Lipinski definition) is 3. The van der Waals surface area contributed by atoms with Crippen LogP contribution in [0.25, 0.3) is 0 Å². The maximum absolute atomic E-state index is 12.4. The predicted molar refractivity (Wildman–Crippen MR) is 83.7 cm³/mol. The number of anilines is 1. The number of hydrogen-bond acceptors (Lipinski definition) is 4. The second-order valence-corrected chi connectivity index (χ2v) is 6.04. The summed E-state index contributed by atoms with van der Waals surface area (Å²) in [4.78, 5) is 24.5. The van der Waals surface area contributed by atoms with Crippen LogP contribution in [0.4, 0.5) is 5.69 Å². The molecule has 1 aliphatic rings. The maximum atomic E-state index is 12.4. The summed E-state index contributed by atoms with van der Waals surface area (Å²) < 4.78 is 0.691. The zero-order valence-corrected chi connectivity index (χ0v) is 12.9. The van der Waals surface area contributed by atoms with Gasteiger partial charge >= 0.3 is 0 Å². The first-order valence-electron chi connectivity index (χ1n) is 6.57. The van der Waals surface area contributed by atoms with Gasteiger partial charge in [-0.1, -0.05) is 28.1 Å². The van der Waals surface area contributed by atoms with Gasteiger partial charge in [0.25, 0.3) is 5.91 Å². The van der Waals surface area contributed by atoms with E-state index in [0.717, 1.165) is 0 Å². The monoisotopic (exact) mass is 361 g/mol. The molecular weight excluding hydrogens is 350 g/mol. The molecule has 0 radical (unpaired) electrons. The van der Waals surface area contributed by atoms with E-state index in [9.17, 15) is 19.8 Å². The highest BCUT2D eigenvalue weighted by Gasteiger charge is 2.47. The van der Waals surface area contributed by atoms with Crippen molar-refractivity contribution in [3.8, 4) is 5.75 Å². The van der Waals surface area contributed by atoms with Crippen LogP contribution in [-0.2, 0) is 10.4 Å². The normalized spacial score (nSPS) is 19.6. The van der Waals surface area contributed by atoms with Crippen molar-refractivity contribution in [1.82, 2.24) is 0 Å². The number of aliphatic hydroxyl groups is 1. The van der Waals surface area contributed by atoms with Gasteiger partial charge in [0.1, 0.15) is 5.75 Å². The Morgan fingerprint density at radius 1 is 1.23 bits per heavy atom. The zero-order chi connectivity index (χ0) is 15.9. The minimum absolute atomic E-state index is 0.0761. The molecule has 3 rings (SSSR count). The summed E-state index contributed by atoms with van der Waals surface area (Å²) in [6, 6.07) is 11.0. The molecule has 3 N–H and O–H groups in total. The van der Waals surface area contributed by atoms with Crippen LogP contribution in [-0.4, -0.2) is 21.9 Å². The fraction of sp³-hybridized carbons (Fsp3) is 0.125. The lowest BCUT2D eigenvalue weighted by Gasteiger charge is -2.20. The van der Waals surface area contributed by atoms with E-state index in [4.69, 9.17) is 0 Å². The van der Waals surface area contributed by atoms with Gasteiger partial charge in [0.2, 0.25) is 0 Å². The maximum Gasteiger partial charge on any atom is 0.261 e. The lowest BCUT2D eigenvalue weighted by atomic mass is 9.88. The number of phenolic OH excluding ortho intramolecular Hbond substituents is 1. The number of halogens is 1. The fourth-order valence-corrected chi connectivity index (χ4v) is 2.89. The SMILES string of the molecule is O=C(C[C@@]1(O)C(=O)Nc2ccc(Br)cc21)c1ccccc1O. The van der Waals surface area contributed by atoms with E-state index in [2.05, 4.69) is 21.2 Å². The first-order valence-corrected chi connectivity index (χ1v) is 7.36. The van der Waals surface area contributed by atoms with Gasteiger partial charge in [-0.25, -0.2) is 0 Å². The molecule has 0 fully saturated rings. The average Bonchev–Trinajstić information content (AvgIpc) is 2.71. The van der Waals surface area contributed by atoms with E-state index in [-0.39, 0.29) is 11.3 Å². The van der Waals surface area contributed by atoms with Crippen LogP contribution in [0, 0.1) is 0 Å². The first-order chi connectivity index (χ1) is 10.4. The van der Waals surface area contributed by atoms with Crippen LogP contribution in [0.3, 0.4) is 0 Å². The zero-order valence-electron chi connectivity index (χ0n) is 11.3. The van der Waals surface area contributed by atoms with Gasteiger partial charge in [-0.05, 0) is 30.3 Å². The molecule has 112 valence electrons. The van der Waals surface area contributed by atoms with Gasteiger partial charge in [-0.2, -0.15) is 0 Å². The summed E-state index contributed by atoms with van der Waals surface area (Å²) >= 11 is 3.28. The molecule has 1 atom stereocenters. The van der Waals surface area contributed by atoms with Crippen molar-refractivity contribution in [2.75, 3.05) is 5.32 Å². The predicted octanol–water partition coefficient (Wildman–Crippen LogP) is 2.57. The molecule has 5 nitrogen and oxygen atoms in total. The minimum Gasteiger partial charge on any atom is -0.507 e. The number of Topliss-reactive ketones (excluding diaryl/α,β-unsaturated/α-hetero) is 1. The number of carbonyl (C=O) groups is 2. The van der Waals surface area contributed by atoms with Gasteiger partial charge < -0.3 is 15.5 Å². The third-order valence-corrected chi connectivity index (χ3v) is 4.17. The van der Waals surface area contributed by atoms with Crippen LogP contribution < -0.4 is 5.32 Å². The van der Waals surface area contributed by atoms with Gasteiger partial charge in [-0.15, -0.1) is 0 Å². The van der Waals surface area contributed by atoms with E-state index < -0.39 is 23.7 Å². The standard InChI is InChI=1S/C16H12BrNO4/c17-9-5-6-12-11(7-9)16(22,15(21)18-12)8-14(20)10-3-1-2-4-13(10)19/h1-7,19,22H,8H2,(H,18,21)/t16-/m0/s1. The number of aromatic hydroxyl groups is 1. The number of rotatable bonds is 3. The molecule has 0 unspecified atom stereocenters. The van der Waals surface area contributed by atoms with Crippen LogP contribution in [0.5, 0.6) is 5.75 Å². The van der Waals surface area contributed by atoms with Gasteiger partial charge in [-0.3, -0.25) is 9.59 Å². The summed E-state index contributed by atoms with van der Waals surface area (Å²) in [6.45, 7) is 0. The Morgan fingerprint density at radius 2 is 1.95 bits per heavy atom. The quantitative estimate of drug-likeness (QED) is 0.733. The number of carbonyl (C=O) groups excluding carboxylic acids is 2. The molecule has 0 aromatic heterocycles. The molecule has 1 heterocycles. The lowest BCUT2D eigenvalue weighted by Crippen LogP contribution is -2.36. The largest absolute Gasteiger partial charge is 0.507 e. The second-order valence-electron chi connectivity index (χ2n) is 5.12. The number of amides is 1. The van der Waals surface area contributed by atoms with Crippen LogP contribution in [0.1, 0.15) is 22.3 Å². The lowest BCUT2D eigenvalue weighted by molar-refractivity contribution is -0.133. The van der Waals surface area contributed by atoms with Crippen molar-refractivity contribution in [1.29, 1.82) is 0 Å². The van der Waals surface area contributed by atoms with E-state index in [1.54, 1.807) is 30.3 Å². The molecule has 2 aromatic carbocycles. The Hall–Kier alpha value is -2.18. The highest BCUT2D eigenvalue weighted by atomic mass is 79.9. The van der Waals surface area contributed by atoms with Gasteiger partial charge in [0.05, 0.1) is 12.0 Å². The molecule has 2 aromatic rings. The summed E-state index contributed by atoms with van der Waals surface area (Å²) in [6.07, 6.45) is -0.445. The minimum atomic E-state index is -1.95. The molecule has 0 bridgehead atoms. The number of fused-ring (bicyclic) bond motifs is 1. The molecule has 1 aliphatic heterocycles. The smallest absolute Gasteiger partial charge is 0.261 e. The topological polar surface area (TPSA) is 86.6 Å². The molecular formula is C16H12BrNO4. The third kappa shape index (κ3) is 2.30. The van der Waals surface area contributed by atoms with Crippen molar-refractivity contribution in [3.63, 3.8) is 0 Å². The molecule has 0 saturated carbocycles. The number of benzene rings is 2. The fourth-order valence-electron chi connectivity index (χ4n) is 2.53. The molecule has 0 spiro atoms. The number of ketones is 1. The molecule has 1 amide bonds. The molecule has 0 aliphatic carbocycles. The number of nitrogens with one attached hydrogen (secondary N) is 1. The third-order valence-electron chi connectivity index (χ3n) is 3.67. The first kappa shape index (κ1) is 14.7. The Balaban J connectivity index is 1.98. The average molecular weight is 362 g/mol. The van der Waals surface area contributed by atoms with Crippen LogP contribution in [0.15, 0.2) is 46.9 Å².